The standard InChI is InChI=1S/C18H26FN/c1-4-9-20-17-15-11-12-10-13(19)7-8-14(12)16(15)18(17,5-2)6-3/h7-8,10,15-17,20H,4-6,9,11H2,1-3H3. The van der Waals surface area contributed by atoms with Crippen LogP contribution in [0.3, 0.4) is 0 Å². The fourth-order valence-corrected chi connectivity index (χ4v) is 4.99. The average molecular weight is 275 g/mol. The zero-order valence-corrected chi connectivity index (χ0v) is 12.9. The Morgan fingerprint density at radius 1 is 1.25 bits per heavy atom. The van der Waals surface area contributed by atoms with E-state index >= 15 is 0 Å². The lowest BCUT2D eigenvalue weighted by Crippen LogP contribution is -2.63. The molecule has 1 N–H and O–H groups in total. The van der Waals surface area contributed by atoms with Crippen molar-refractivity contribution >= 4 is 0 Å². The minimum absolute atomic E-state index is 0.0817. The predicted molar refractivity (Wildman–Crippen MR) is 81.4 cm³/mol. The molecule has 0 spiro atoms. The van der Waals surface area contributed by atoms with E-state index in [0.29, 0.717) is 23.3 Å². The van der Waals surface area contributed by atoms with Crippen molar-refractivity contribution in [2.45, 2.75) is 58.4 Å². The summed E-state index contributed by atoms with van der Waals surface area (Å²) in [6.45, 7) is 7.96. The summed E-state index contributed by atoms with van der Waals surface area (Å²) in [5, 5.41) is 3.79. The van der Waals surface area contributed by atoms with Gasteiger partial charge in [0.05, 0.1) is 0 Å². The second kappa shape index (κ2) is 5.14. The van der Waals surface area contributed by atoms with Crippen LogP contribution in [0.4, 0.5) is 4.39 Å². The highest BCUT2D eigenvalue weighted by molar-refractivity contribution is 5.44. The molecule has 3 atom stereocenters. The first-order chi connectivity index (χ1) is 9.67. The van der Waals surface area contributed by atoms with E-state index in [2.05, 4.69) is 26.1 Å². The molecule has 0 bridgehead atoms. The van der Waals surface area contributed by atoms with E-state index in [1.165, 1.54) is 30.4 Å². The van der Waals surface area contributed by atoms with Crippen molar-refractivity contribution in [3.63, 3.8) is 0 Å². The number of fused-ring (bicyclic) bond motifs is 3. The predicted octanol–water partition coefficient (Wildman–Crippen LogP) is 4.27. The summed E-state index contributed by atoms with van der Waals surface area (Å²) in [6, 6.07) is 6.06. The van der Waals surface area contributed by atoms with Crippen molar-refractivity contribution in [3.8, 4) is 0 Å². The summed E-state index contributed by atoms with van der Waals surface area (Å²) in [5.41, 5.74) is 3.06. The molecule has 1 aromatic rings. The quantitative estimate of drug-likeness (QED) is 0.846. The van der Waals surface area contributed by atoms with E-state index in [9.17, 15) is 4.39 Å². The van der Waals surface area contributed by atoms with Crippen molar-refractivity contribution in [1.82, 2.24) is 5.32 Å². The minimum atomic E-state index is -0.0817. The van der Waals surface area contributed by atoms with Crippen LogP contribution in [0, 0.1) is 17.2 Å². The van der Waals surface area contributed by atoms with Gasteiger partial charge in [0.2, 0.25) is 0 Å². The maximum Gasteiger partial charge on any atom is 0.123 e. The monoisotopic (exact) mass is 275 g/mol. The first kappa shape index (κ1) is 14.1. The van der Waals surface area contributed by atoms with Gasteiger partial charge in [0.1, 0.15) is 5.82 Å². The number of benzene rings is 1. The number of rotatable bonds is 5. The number of hydrogen-bond acceptors (Lipinski definition) is 1. The third kappa shape index (κ3) is 1.77. The summed E-state index contributed by atoms with van der Waals surface area (Å²) >= 11 is 0. The van der Waals surface area contributed by atoms with Gasteiger partial charge in [-0.25, -0.2) is 4.39 Å². The Morgan fingerprint density at radius 2 is 2.00 bits per heavy atom. The smallest absolute Gasteiger partial charge is 0.123 e. The molecule has 0 saturated heterocycles. The van der Waals surface area contributed by atoms with E-state index in [-0.39, 0.29) is 5.82 Å². The fourth-order valence-electron chi connectivity index (χ4n) is 4.99. The Labute approximate surface area is 122 Å². The molecule has 2 heteroatoms. The van der Waals surface area contributed by atoms with E-state index in [0.717, 1.165) is 13.0 Å². The lowest BCUT2D eigenvalue weighted by Gasteiger charge is -2.60. The van der Waals surface area contributed by atoms with Gasteiger partial charge in [0, 0.05) is 6.04 Å². The fraction of sp³-hybridized carbons (Fsp3) is 0.667. The van der Waals surface area contributed by atoms with Crippen molar-refractivity contribution in [1.29, 1.82) is 0 Å². The summed E-state index contributed by atoms with van der Waals surface area (Å²) in [6.07, 6.45) is 4.66. The zero-order valence-electron chi connectivity index (χ0n) is 12.9. The Morgan fingerprint density at radius 3 is 2.65 bits per heavy atom. The van der Waals surface area contributed by atoms with Gasteiger partial charge < -0.3 is 5.32 Å². The highest BCUT2D eigenvalue weighted by Gasteiger charge is 2.62. The van der Waals surface area contributed by atoms with E-state index in [4.69, 9.17) is 0 Å². The van der Waals surface area contributed by atoms with Gasteiger partial charge in [-0.1, -0.05) is 26.8 Å². The lowest BCUT2D eigenvalue weighted by molar-refractivity contribution is -0.0378. The van der Waals surface area contributed by atoms with Gasteiger partial charge in [-0.3, -0.25) is 0 Å². The molecule has 2 aliphatic rings. The Kier molecular flexibility index (Phi) is 3.62. The molecule has 0 aromatic heterocycles. The zero-order chi connectivity index (χ0) is 14.3. The SMILES string of the molecule is CCCNC1C2Cc3cc(F)ccc3C2C1(CC)CC. The van der Waals surface area contributed by atoms with Crippen LogP contribution in [0.1, 0.15) is 57.1 Å². The normalized spacial score (nSPS) is 29.7. The molecular formula is C18H26FN. The Balaban J connectivity index is 1.94. The second-order valence-electron chi connectivity index (χ2n) is 6.56. The van der Waals surface area contributed by atoms with Gasteiger partial charge in [0.15, 0.2) is 0 Å². The van der Waals surface area contributed by atoms with Crippen LogP contribution in [0.15, 0.2) is 18.2 Å². The van der Waals surface area contributed by atoms with E-state index < -0.39 is 0 Å². The van der Waals surface area contributed by atoms with Crippen molar-refractivity contribution < 1.29 is 4.39 Å². The molecule has 1 aromatic carbocycles. The van der Waals surface area contributed by atoms with E-state index in [1.54, 1.807) is 12.1 Å². The van der Waals surface area contributed by atoms with Crippen LogP contribution in [0.2, 0.25) is 0 Å². The Hall–Kier alpha value is -0.890. The van der Waals surface area contributed by atoms with Crippen LogP contribution >= 0.6 is 0 Å². The van der Waals surface area contributed by atoms with Crippen LogP contribution < -0.4 is 5.32 Å². The van der Waals surface area contributed by atoms with Gasteiger partial charge in [-0.2, -0.15) is 0 Å². The highest BCUT2D eigenvalue weighted by Crippen LogP contribution is 2.65. The molecule has 2 aliphatic carbocycles. The molecule has 0 heterocycles. The molecule has 20 heavy (non-hydrogen) atoms. The number of halogens is 1. The summed E-state index contributed by atoms with van der Waals surface area (Å²) in [7, 11) is 0. The minimum Gasteiger partial charge on any atom is -0.313 e. The molecule has 0 amide bonds. The van der Waals surface area contributed by atoms with Crippen LogP contribution in [0.25, 0.3) is 0 Å². The molecule has 3 unspecified atom stereocenters. The van der Waals surface area contributed by atoms with Gasteiger partial charge >= 0.3 is 0 Å². The number of hydrogen-bond donors (Lipinski definition) is 1. The molecular weight excluding hydrogens is 249 g/mol. The molecule has 3 rings (SSSR count). The molecule has 0 aliphatic heterocycles. The molecule has 110 valence electrons. The molecule has 0 radical (unpaired) electrons. The molecule has 1 nitrogen and oxygen atoms in total. The topological polar surface area (TPSA) is 12.0 Å². The van der Waals surface area contributed by atoms with Gasteiger partial charge in [-0.05, 0) is 72.7 Å². The maximum absolute atomic E-state index is 13.5. The van der Waals surface area contributed by atoms with Crippen molar-refractivity contribution in [2.24, 2.45) is 11.3 Å². The molecule has 1 fully saturated rings. The summed E-state index contributed by atoms with van der Waals surface area (Å²) < 4.78 is 13.5. The lowest BCUT2D eigenvalue weighted by atomic mass is 9.48. The second-order valence-corrected chi connectivity index (χ2v) is 6.56. The van der Waals surface area contributed by atoms with Gasteiger partial charge in [0.25, 0.3) is 0 Å². The third-order valence-electron chi connectivity index (χ3n) is 5.92. The largest absolute Gasteiger partial charge is 0.313 e. The average Bonchev–Trinajstić information content (AvgIpc) is 2.77. The first-order valence-corrected chi connectivity index (χ1v) is 8.19. The van der Waals surface area contributed by atoms with E-state index in [1.807, 2.05) is 6.07 Å². The van der Waals surface area contributed by atoms with Crippen LogP contribution in [0.5, 0.6) is 0 Å². The van der Waals surface area contributed by atoms with Crippen LogP contribution in [-0.2, 0) is 6.42 Å². The summed E-state index contributed by atoms with van der Waals surface area (Å²) in [4.78, 5) is 0. The van der Waals surface area contributed by atoms with Crippen molar-refractivity contribution in [2.75, 3.05) is 6.54 Å². The molecule has 1 saturated carbocycles. The van der Waals surface area contributed by atoms with Gasteiger partial charge in [-0.15, -0.1) is 0 Å². The highest BCUT2D eigenvalue weighted by atomic mass is 19.1. The first-order valence-electron chi connectivity index (χ1n) is 8.19. The maximum atomic E-state index is 13.5. The van der Waals surface area contributed by atoms with Crippen molar-refractivity contribution in [3.05, 3.63) is 35.1 Å². The third-order valence-corrected chi connectivity index (χ3v) is 5.92. The van der Waals surface area contributed by atoms with Crippen LogP contribution in [-0.4, -0.2) is 12.6 Å². The number of nitrogens with one attached hydrogen (secondary N) is 1. The summed E-state index contributed by atoms with van der Waals surface area (Å²) in [5.74, 6) is 1.24. The Bertz CT molecular complexity index is 492.